The zero-order valence-corrected chi connectivity index (χ0v) is 22.7. The summed E-state index contributed by atoms with van der Waals surface area (Å²) >= 11 is 0. The van der Waals surface area contributed by atoms with E-state index in [2.05, 4.69) is 96.3 Å². The van der Waals surface area contributed by atoms with Crippen molar-refractivity contribution >= 4 is 23.5 Å². The number of anilines is 4. The molecule has 2 aromatic heterocycles. The highest BCUT2D eigenvalue weighted by Crippen LogP contribution is 2.25. The monoisotopic (exact) mass is 521 g/mol. The summed E-state index contributed by atoms with van der Waals surface area (Å²) in [4.78, 5) is 29.8. The summed E-state index contributed by atoms with van der Waals surface area (Å²) in [5, 5.41) is 3.40. The van der Waals surface area contributed by atoms with Crippen LogP contribution in [0.1, 0.15) is 36.1 Å². The number of fused-ring (bicyclic) bond motifs is 1. The molecule has 1 N–H and O–H groups in total. The number of hydrogen-bond donors (Lipinski definition) is 1. The molecule has 6 rings (SSSR count). The average molecular weight is 522 g/mol. The van der Waals surface area contributed by atoms with E-state index < -0.39 is 0 Å². The van der Waals surface area contributed by atoms with E-state index in [1.807, 2.05) is 18.5 Å². The van der Waals surface area contributed by atoms with Crippen LogP contribution in [0.4, 0.5) is 23.5 Å². The molecule has 0 aliphatic carbocycles. The fourth-order valence-electron chi connectivity index (χ4n) is 5.27. The van der Waals surface area contributed by atoms with Gasteiger partial charge in [0.2, 0.25) is 17.8 Å². The molecule has 9 heteroatoms. The summed E-state index contributed by atoms with van der Waals surface area (Å²) in [6.45, 7) is 9.82. The van der Waals surface area contributed by atoms with Gasteiger partial charge in [0, 0.05) is 69.8 Å². The average Bonchev–Trinajstić information content (AvgIpc) is 2.98. The summed E-state index contributed by atoms with van der Waals surface area (Å²) in [6, 6.07) is 17.5. The van der Waals surface area contributed by atoms with Crippen LogP contribution in [0.5, 0.6) is 0 Å². The molecule has 0 unspecified atom stereocenters. The number of benzene rings is 2. The second-order valence-corrected chi connectivity index (χ2v) is 10.6. The Bertz CT molecular complexity index is 1380. The molecule has 200 valence electrons. The Labute approximate surface area is 230 Å². The number of nitrogens with zero attached hydrogens (tertiary/aromatic N) is 8. The molecule has 0 atom stereocenters. The Morgan fingerprint density at radius 3 is 2.26 bits per heavy atom. The smallest absolute Gasteiger partial charge is 0.231 e. The molecule has 2 aliphatic rings. The third-order valence-corrected chi connectivity index (χ3v) is 7.58. The Balaban J connectivity index is 1.06. The Morgan fingerprint density at radius 2 is 1.51 bits per heavy atom. The molecule has 4 aromatic rings. The summed E-state index contributed by atoms with van der Waals surface area (Å²) < 4.78 is 0. The van der Waals surface area contributed by atoms with E-state index in [9.17, 15) is 0 Å². The van der Waals surface area contributed by atoms with Crippen molar-refractivity contribution in [2.24, 2.45) is 0 Å². The molecular weight excluding hydrogens is 486 g/mol. The third-order valence-electron chi connectivity index (χ3n) is 7.58. The van der Waals surface area contributed by atoms with Gasteiger partial charge in [-0.05, 0) is 54.7 Å². The van der Waals surface area contributed by atoms with Gasteiger partial charge in [-0.15, -0.1) is 0 Å². The zero-order valence-electron chi connectivity index (χ0n) is 22.7. The lowest BCUT2D eigenvalue weighted by Crippen LogP contribution is -2.47. The van der Waals surface area contributed by atoms with Crippen molar-refractivity contribution in [3.05, 3.63) is 89.5 Å². The van der Waals surface area contributed by atoms with Gasteiger partial charge in [0.25, 0.3) is 0 Å². The second kappa shape index (κ2) is 11.3. The van der Waals surface area contributed by atoms with Crippen molar-refractivity contribution in [3.63, 3.8) is 0 Å². The summed E-state index contributed by atoms with van der Waals surface area (Å²) in [5.41, 5.74) is 6.19. The minimum Gasteiger partial charge on any atom is -0.337 e. The van der Waals surface area contributed by atoms with E-state index in [0.29, 0.717) is 17.9 Å². The van der Waals surface area contributed by atoms with Crippen molar-refractivity contribution in [2.75, 3.05) is 47.8 Å². The maximum Gasteiger partial charge on any atom is 0.231 e. The first-order valence-electron chi connectivity index (χ1n) is 13.8. The Kier molecular flexibility index (Phi) is 7.31. The fraction of sp³-hybridized carbons (Fsp3) is 0.367. The highest BCUT2D eigenvalue weighted by atomic mass is 15.4. The normalized spacial score (nSPS) is 15.9. The van der Waals surface area contributed by atoms with Crippen LogP contribution in [-0.4, -0.2) is 68.6 Å². The van der Waals surface area contributed by atoms with Gasteiger partial charge in [-0.1, -0.05) is 36.4 Å². The zero-order chi connectivity index (χ0) is 26.6. The largest absolute Gasteiger partial charge is 0.337 e. The SMILES string of the molecule is CC(C)N1CCc2ccc(Nc3ncnc(N4CCN(c5ncc(Cc6ccccc6)cn5)CC4)n3)cc2C1. The van der Waals surface area contributed by atoms with Crippen molar-refractivity contribution < 1.29 is 0 Å². The molecule has 1 fully saturated rings. The lowest BCUT2D eigenvalue weighted by molar-refractivity contribution is 0.203. The van der Waals surface area contributed by atoms with Crippen LogP contribution >= 0.6 is 0 Å². The molecule has 0 saturated carbocycles. The van der Waals surface area contributed by atoms with Crippen LogP contribution in [0.2, 0.25) is 0 Å². The molecule has 39 heavy (non-hydrogen) atoms. The molecule has 9 nitrogen and oxygen atoms in total. The van der Waals surface area contributed by atoms with E-state index in [4.69, 9.17) is 4.98 Å². The van der Waals surface area contributed by atoms with Crippen LogP contribution in [0, 0.1) is 0 Å². The quantitative estimate of drug-likeness (QED) is 0.386. The van der Waals surface area contributed by atoms with Crippen molar-refractivity contribution in [1.29, 1.82) is 0 Å². The van der Waals surface area contributed by atoms with E-state index in [1.54, 1.807) is 6.33 Å². The Morgan fingerprint density at radius 1 is 0.769 bits per heavy atom. The van der Waals surface area contributed by atoms with E-state index >= 15 is 0 Å². The van der Waals surface area contributed by atoms with Crippen molar-refractivity contribution in [2.45, 2.75) is 39.3 Å². The summed E-state index contributed by atoms with van der Waals surface area (Å²) in [7, 11) is 0. The first kappa shape index (κ1) is 25.2. The van der Waals surface area contributed by atoms with Gasteiger partial charge in [-0.2, -0.15) is 4.98 Å². The highest BCUT2D eigenvalue weighted by molar-refractivity contribution is 5.57. The Hall–Kier alpha value is -4.11. The maximum atomic E-state index is 4.73. The predicted molar refractivity (Wildman–Crippen MR) is 155 cm³/mol. The number of aromatic nitrogens is 5. The molecule has 2 aromatic carbocycles. The van der Waals surface area contributed by atoms with Gasteiger partial charge in [0.05, 0.1) is 0 Å². The van der Waals surface area contributed by atoms with Crippen LogP contribution < -0.4 is 15.1 Å². The van der Waals surface area contributed by atoms with Crippen LogP contribution in [-0.2, 0) is 19.4 Å². The maximum absolute atomic E-state index is 4.73. The number of hydrogen-bond acceptors (Lipinski definition) is 9. The fourth-order valence-corrected chi connectivity index (χ4v) is 5.27. The molecule has 0 radical (unpaired) electrons. The minimum atomic E-state index is 0.548. The molecule has 2 aliphatic heterocycles. The van der Waals surface area contributed by atoms with Gasteiger partial charge in [0.15, 0.2) is 0 Å². The van der Waals surface area contributed by atoms with Crippen molar-refractivity contribution in [3.8, 4) is 0 Å². The lowest BCUT2D eigenvalue weighted by atomic mass is 9.98. The first-order chi connectivity index (χ1) is 19.1. The summed E-state index contributed by atoms with van der Waals surface area (Å²) in [6.07, 6.45) is 7.40. The topological polar surface area (TPSA) is 86.2 Å². The molecule has 0 amide bonds. The van der Waals surface area contributed by atoms with Gasteiger partial charge in [0.1, 0.15) is 6.33 Å². The number of rotatable bonds is 7. The molecule has 0 bridgehead atoms. The second-order valence-electron chi connectivity index (χ2n) is 10.6. The van der Waals surface area contributed by atoms with Crippen LogP contribution in [0.15, 0.2) is 67.3 Å². The van der Waals surface area contributed by atoms with E-state index in [0.717, 1.165) is 69.3 Å². The van der Waals surface area contributed by atoms with Crippen molar-refractivity contribution in [1.82, 2.24) is 29.8 Å². The number of piperazine rings is 1. The third kappa shape index (κ3) is 5.98. The van der Waals surface area contributed by atoms with E-state index in [-0.39, 0.29) is 0 Å². The number of nitrogens with one attached hydrogen (secondary N) is 1. The highest BCUT2D eigenvalue weighted by Gasteiger charge is 2.22. The minimum absolute atomic E-state index is 0.548. The molecular formula is C30H35N9. The molecule has 4 heterocycles. The summed E-state index contributed by atoms with van der Waals surface area (Å²) in [5.74, 6) is 2.03. The molecule has 0 spiro atoms. The molecule has 1 saturated heterocycles. The first-order valence-corrected chi connectivity index (χ1v) is 13.8. The predicted octanol–water partition coefficient (Wildman–Crippen LogP) is 4.09. The standard InChI is InChI=1S/C30H35N9/c1-22(2)39-11-10-25-8-9-27(17-26(25)20-39)35-28-33-21-34-30(36-28)38-14-12-37(13-15-38)29-31-18-24(19-32-29)16-23-6-4-3-5-7-23/h3-9,17-19,21-22H,10-16,20H2,1-2H3,(H,33,34,35,36). The van der Waals surface area contributed by atoms with Gasteiger partial charge in [-0.3, -0.25) is 4.90 Å². The lowest BCUT2D eigenvalue weighted by Gasteiger charge is -2.34. The van der Waals surface area contributed by atoms with Gasteiger partial charge >= 0.3 is 0 Å². The van der Waals surface area contributed by atoms with E-state index in [1.165, 1.54) is 16.7 Å². The van der Waals surface area contributed by atoms with Crippen LogP contribution in [0.3, 0.4) is 0 Å². The van der Waals surface area contributed by atoms with Gasteiger partial charge in [-0.25, -0.2) is 19.9 Å². The van der Waals surface area contributed by atoms with Crippen LogP contribution in [0.25, 0.3) is 0 Å². The van der Waals surface area contributed by atoms with Gasteiger partial charge < -0.3 is 15.1 Å².